The molecule has 2 aromatic carbocycles. The normalized spacial score (nSPS) is 17.8. The fourth-order valence-corrected chi connectivity index (χ4v) is 4.45. The first kappa shape index (κ1) is 21.2. The topological polar surface area (TPSA) is 73.2 Å². The number of anilines is 1. The quantitative estimate of drug-likeness (QED) is 0.557. The summed E-state index contributed by atoms with van der Waals surface area (Å²) < 4.78 is 13.3. The van der Waals surface area contributed by atoms with Gasteiger partial charge in [0.15, 0.2) is 0 Å². The third-order valence-corrected chi connectivity index (χ3v) is 6.22. The Morgan fingerprint density at radius 3 is 2.52 bits per heavy atom. The molecule has 9 heteroatoms. The van der Waals surface area contributed by atoms with Crippen molar-refractivity contribution in [1.29, 1.82) is 5.26 Å². The van der Waals surface area contributed by atoms with Crippen molar-refractivity contribution in [2.24, 2.45) is 0 Å². The van der Waals surface area contributed by atoms with Gasteiger partial charge in [-0.15, -0.1) is 0 Å². The van der Waals surface area contributed by atoms with Gasteiger partial charge in [-0.2, -0.15) is 5.26 Å². The number of carbonyl (C=O) groups excluding carboxylic acids is 2. The largest absolute Gasteiger partial charge is 0.354 e. The Kier molecular flexibility index (Phi) is 6.48. The number of carbonyl (C=O) groups is 2. The molecule has 1 heterocycles. The Morgan fingerprint density at radius 1 is 1.24 bits per heavy atom. The Bertz CT molecular complexity index is 1050. The minimum absolute atomic E-state index is 0.188. The minimum atomic E-state index is -0.606. The molecule has 1 aliphatic rings. The van der Waals surface area contributed by atoms with E-state index in [2.05, 4.69) is 5.32 Å². The summed E-state index contributed by atoms with van der Waals surface area (Å²) in [6, 6.07) is 12.2. The van der Waals surface area contributed by atoms with Gasteiger partial charge in [0.25, 0.3) is 5.91 Å². The first-order valence-electron chi connectivity index (χ1n) is 8.42. The van der Waals surface area contributed by atoms with E-state index in [1.165, 1.54) is 36.2 Å². The zero-order valence-corrected chi connectivity index (χ0v) is 17.4. The third-order valence-electron chi connectivity index (χ3n) is 4.22. The Labute approximate surface area is 181 Å². The summed E-state index contributed by atoms with van der Waals surface area (Å²) in [5.74, 6) is -1.39. The van der Waals surface area contributed by atoms with Gasteiger partial charge in [-0.05, 0) is 48.4 Å². The molecule has 1 saturated heterocycles. The Hall–Kier alpha value is -2.53. The molecule has 2 aromatic rings. The molecule has 1 N–H and O–H groups in total. The number of nitriles is 1. The van der Waals surface area contributed by atoms with Gasteiger partial charge < -0.3 is 5.32 Å². The van der Waals surface area contributed by atoms with Crippen molar-refractivity contribution in [2.75, 3.05) is 11.9 Å². The number of thioether (sulfide) groups is 1. The molecule has 0 radical (unpaired) electrons. The standard InChI is InChI=1S/C20H14Cl2FN3O2S/c1-25-18(27)14(10-24)20-26(13-5-3-12(23)4-6-13)19(28)17(29-20)9-11-2-7-15(21)16(22)8-11/h2-8,17H,9H2,1H3,(H,25,27)/b20-14-. The van der Waals surface area contributed by atoms with Crippen LogP contribution in [0.3, 0.4) is 0 Å². The summed E-state index contributed by atoms with van der Waals surface area (Å²) >= 11 is 13.1. The van der Waals surface area contributed by atoms with Crippen LogP contribution in [0.15, 0.2) is 53.1 Å². The lowest BCUT2D eigenvalue weighted by Crippen LogP contribution is -2.31. The van der Waals surface area contributed by atoms with Crippen LogP contribution in [0, 0.1) is 17.1 Å². The van der Waals surface area contributed by atoms with Crippen LogP contribution in [0.1, 0.15) is 5.56 Å². The molecule has 29 heavy (non-hydrogen) atoms. The molecule has 1 fully saturated rings. The summed E-state index contributed by atoms with van der Waals surface area (Å²) in [6.45, 7) is 0. The zero-order valence-electron chi connectivity index (χ0n) is 15.1. The van der Waals surface area contributed by atoms with Crippen molar-refractivity contribution < 1.29 is 14.0 Å². The van der Waals surface area contributed by atoms with Gasteiger partial charge >= 0.3 is 0 Å². The molecule has 1 atom stereocenters. The van der Waals surface area contributed by atoms with E-state index >= 15 is 0 Å². The van der Waals surface area contributed by atoms with E-state index in [1.807, 2.05) is 6.07 Å². The highest BCUT2D eigenvalue weighted by atomic mass is 35.5. The summed E-state index contributed by atoms with van der Waals surface area (Å²) in [5.41, 5.74) is 0.961. The molecule has 1 unspecified atom stereocenters. The molecule has 0 spiro atoms. The fourth-order valence-electron chi connectivity index (χ4n) is 2.82. The molecule has 0 aromatic heterocycles. The number of rotatable bonds is 4. The minimum Gasteiger partial charge on any atom is -0.354 e. The number of hydrogen-bond acceptors (Lipinski definition) is 4. The predicted octanol–water partition coefficient (Wildman–Crippen LogP) is 4.30. The lowest BCUT2D eigenvalue weighted by Gasteiger charge is -2.18. The molecule has 2 amide bonds. The van der Waals surface area contributed by atoms with Crippen molar-refractivity contribution in [3.8, 4) is 6.07 Å². The predicted molar refractivity (Wildman–Crippen MR) is 112 cm³/mol. The molecule has 148 valence electrons. The maximum atomic E-state index is 13.3. The third kappa shape index (κ3) is 4.40. The van der Waals surface area contributed by atoms with E-state index in [9.17, 15) is 19.2 Å². The van der Waals surface area contributed by atoms with Crippen LogP contribution >= 0.6 is 35.0 Å². The van der Waals surface area contributed by atoms with E-state index in [4.69, 9.17) is 23.2 Å². The number of amides is 2. The maximum absolute atomic E-state index is 13.3. The molecule has 0 saturated carbocycles. The summed E-state index contributed by atoms with van der Waals surface area (Å²) in [7, 11) is 1.40. The Balaban J connectivity index is 2.03. The summed E-state index contributed by atoms with van der Waals surface area (Å²) in [4.78, 5) is 26.6. The zero-order chi connectivity index (χ0) is 21.1. The van der Waals surface area contributed by atoms with Gasteiger partial charge in [-0.1, -0.05) is 41.0 Å². The molecule has 0 aliphatic carbocycles. The van der Waals surface area contributed by atoms with Crippen LogP contribution in [-0.2, 0) is 16.0 Å². The second-order valence-corrected chi connectivity index (χ2v) is 8.09. The van der Waals surface area contributed by atoms with Crippen LogP contribution < -0.4 is 10.2 Å². The van der Waals surface area contributed by atoms with Crippen molar-refractivity contribution in [3.05, 3.63) is 74.5 Å². The lowest BCUT2D eigenvalue weighted by molar-refractivity contribution is -0.117. The first-order valence-corrected chi connectivity index (χ1v) is 10.1. The first-order chi connectivity index (χ1) is 13.8. The SMILES string of the molecule is CNC(=O)/C(C#N)=C1\SC(Cc2ccc(Cl)c(Cl)c2)C(=O)N1c1ccc(F)cc1. The number of nitrogens with one attached hydrogen (secondary N) is 1. The number of benzene rings is 2. The smallest absolute Gasteiger partial charge is 0.264 e. The van der Waals surface area contributed by atoms with E-state index in [-0.39, 0.29) is 16.5 Å². The van der Waals surface area contributed by atoms with Crippen molar-refractivity contribution >= 4 is 52.5 Å². The summed E-state index contributed by atoms with van der Waals surface area (Å²) in [6.07, 6.45) is 0.314. The van der Waals surface area contributed by atoms with E-state index < -0.39 is 17.0 Å². The van der Waals surface area contributed by atoms with Gasteiger partial charge in [0.2, 0.25) is 5.91 Å². The van der Waals surface area contributed by atoms with Crippen molar-refractivity contribution in [3.63, 3.8) is 0 Å². The highest BCUT2D eigenvalue weighted by molar-refractivity contribution is 8.05. The van der Waals surface area contributed by atoms with Crippen LogP contribution in [-0.4, -0.2) is 24.1 Å². The van der Waals surface area contributed by atoms with Crippen LogP contribution in [0.4, 0.5) is 10.1 Å². The van der Waals surface area contributed by atoms with E-state index in [1.54, 1.807) is 18.2 Å². The second-order valence-electron chi connectivity index (χ2n) is 6.08. The van der Waals surface area contributed by atoms with Gasteiger partial charge in [-0.3, -0.25) is 14.5 Å². The maximum Gasteiger partial charge on any atom is 0.264 e. The van der Waals surface area contributed by atoms with Crippen LogP contribution in [0.5, 0.6) is 0 Å². The number of likely N-dealkylation sites (N-methyl/N-ethyl adjacent to an activating group) is 1. The van der Waals surface area contributed by atoms with E-state index in [0.717, 1.165) is 17.3 Å². The van der Waals surface area contributed by atoms with Gasteiger partial charge in [0, 0.05) is 12.7 Å². The Morgan fingerprint density at radius 2 is 1.93 bits per heavy atom. The summed E-state index contributed by atoms with van der Waals surface area (Å²) in [5, 5.41) is 12.3. The van der Waals surface area contributed by atoms with Gasteiger partial charge in [0.05, 0.1) is 15.3 Å². The number of hydrogen-bond donors (Lipinski definition) is 1. The molecule has 3 rings (SSSR count). The molecule has 0 bridgehead atoms. The van der Waals surface area contributed by atoms with Gasteiger partial charge in [0.1, 0.15) is 22.5 Å². The number of nitrogens with zero attached hydrogens (tertiary/aromatic N) is 2. The van der Waals surface area contributed by atoms with Gasteiger partial charge in [-0.25, -0.2) is 4.39 Å². The molecule has 5 nitrogen and oxygen atoms in total. The van der Waals surface area contributed by atoms with E-state index in [0.29, 0.717) is 22.2 Å². The highest BCUT2D eigenvalue weighted by Gasteiger charge is 2.40. The molecule has 1 aliphatic heterocycles. The van der Waals surface area contributed by atoms with Crippen LogP contribution in [0.25, 0.3) is 0 Å². The average Bonchev–Trinajstić information content (AvgIpc) is 3.01. The molecular weight excluding hydrogens is 436 g/mol. The molecular formula is C20H14Cl2FN3O2S. The monoisotopic (exact) mass is 449 g/mol. The van der Waals surface area contributed by atoms with Crippen LogP contribution in [0.2, 0.25) is 10.0 Å². The van der Waals surface area contributed by atoms with Crippen molar-refractivity contribution in [1.82, 2.24) is 5.32 Å². The lowest BCUT2D eigenvalue weighted by atomic mass is 10.1. The van der Waals surface area contributed by atoms with Crippen molar-refractivity contribution in [2.45, 2.75) is 11.7 Å². The second kappa shape index (κ2) is 8.87. The number of halogens is 3. The highest BCUT2D eigenvalue weighted by Crippen LogP contribution is 2.42. The average molecular weight is 450 g/mol. The fraction of sp³-hybridized carbons (Fsp3) is 0.150.